The Bertz CT molecular complexity index is 823. The number of hydrogen-bond acceptors (Lipinski definition) is 3. The lowest BCUT2D eigenvalue weighted by Crippen LogP contribution is -2.51. The number of piperazine rings is 1. The zero-order valence-corrected chi connectivity index (χ0v) is 16.0. The van der Waals surface area contributed by atoms with E-state index in [0.29, 0.717) is 23.7 Å². The van der Waals surface area contributed by atoms with Gasteiger partial charge in [0.2, 0.25) is 0 Å². The second kappa shape index (κ2) is 7.04. The number of rotatable bonds is 4. The van der Waals surface area contributed by atoms with E-state index in [1.54, 1.807) is 0 Å². The Morgan fingerprint density at radius 2 is 1.78 bits per heavy atom. The fraction of sp³-hybridized carbons (Fsp3) is 0.429. The molecule has 2 aliphatic rings. The summed E-state index contributed by atoms with van der Waals surface area (Å²) >= 11 is 6.12. The number of aryl methyl sites for hydroxylation is 1. The molecule has 0 spiro atoms. The van der Waals surface area contributed by atoms with Crippen molar-refractivity contribution in [2.45, 2.75) is 25.2 Å². The smallest absolute Gasteiger partial charge is 0.143 e. The van der Waals surface area contributed by atoms with E-state index in [1.807, 2.05) is 23.1 Å². The van der Waals surface area contributed by atoms with Crippen molar-refractivity contribution in [1.29, 1.82) is 0 Å². The van der Waals surface area contributed by atoms with Crippen molar-refractivity contribution in [2.24, 2.45) is 5.92 Å². The molecule has 0 aromatic heterocycles. The van der Waals surface area contributed by atoms with Crippen molar-refractivity contribution in [2.75, 3.05) is 31.1 Å². The van der Waals surface area contributed by atoms with E-state index in [2.05, 4.69) is 11.8 Å². The molecule has 6 heteroatoms. The van der Waals surface area contributed by atoms with Crippen LogP contribution in [0.3, 0.4) is 0 Å². The molecular weight excluding hydrogens is 370 g/mol. The molecule has 2 aromatic carbocycles. The summed E-state index contributed by atoms with van der Waals surface area (Å²) in [6.07, 6.45) is -0.560. The van der Waals surface area contributed by atoms with Crippen LogP contribution < -0.4 is 4.90 Å². The van der Waals surface area contributed by atoms with E-state index < -0.39 is 17.8 Å². The average molecular weight is 393 g/mol. The number of nitrogens with zero attached hydrogens (tertiary/aromatic N) is 2. The summed E-state index contributed by atoms with van der Waals surface area (Å²) < 4.78 is 28.2. The van der Waals surface area contributed by atoms with Gasteiger partial charge in [-0.1, -0.05) is 29.8 Å². The van der Waals surface area contributed by atoms with Gasteiger partial charge in [0.15, 0.2) is 0 Å². The normalized spacial score (nSPS) is 26.9. The lowest BCUT2D eigenvalue weighted by atomic mass is 10.1. The van der Waals surface area contributed by atoms with Gasteiger partial charge < -0.3 is 10.0 Å². The number of halogens is 3. The van der Waals surface area contributed by atoms with Crippen LogP contribution in [-0.4, -0.2) is 42.4 Å². The van der Waals surface area contributed by atoms with Gasteiger partial charge in [-0.25, -0.2) is 8.78 Å². The molecule has 27 heavy (non-hydrogen) atoms. The molecule has 1 heterocycles. The van der Waals surface area contributed by atoms with Crippen LogP contribution in [0.4, 0.5) is 14.5 Å². The maximum atomic E-state index is 15.1. The Balaban J connectivity index is 1.39. The number of aliphatic hydroxyl groups is 1. The van der Waals surface area contributed by atoms with Gasteiger partial charge in [-0.2, -0.15) is 0 Å². The summed E-state index contributed by atoms with van der Waals surface area (Å²) in [6, 6.07) is 11.3. The average Bonchev–Trinajstić information content (AvgIpc) is 3.36. The van der Waals surface area contributed by atoms with Gasteiger partial charge in [0.25, 0.3) is 0 Å². The molecule has 3 atom stereocenters. The highest BCUT2D eigenvalue weighted by Crippen LogP contribution is 2.57. The highest BCUT2D eigenvalue weighted by molar-refractivity contribution is 6.30. The molecular formula is C21H23ClF2N2O. The first-order chi connectivity index (χ1) is 12.9. The van der Waals surface area contributed by atoms with Crippen molar-refractivity contribution in [3.05, 3.63) is 64.4 Å². The second-order valence-corrected chi connectivity index (χ2v) is 7.98. The van der Waals surface area contributed by atoms with E-state index in [0.717, 1.165) is 24.3 Å². The van der Waals surface area contributed by atoms with Gasteiger partial charge in [0, 0.05) is 42.8 Å². The van der Waals surface area contributed by atoms with Crippen LogP contribution in [0.15, 0.2) is 42.5 Å². The first kappa shape index (κ1) is 18.7. The molecule has 2 fully saturated rings. The van der Waals surface area contributed by atoms with E-state index in [4.69, 9.17) is 11.6 Å². The topological polar surface area (TPSA) is 26.7 Å². The van der Waals surface area contributed by atoms with E-state index in [1.165, 1.54) is 24.3 Å². The van der Waals surface area contributed by atoms with Gasteiger partial charge in [-0.05, 0) is 48.7 Å². The van der Waals surface area contributed by atoms with Gasteiger partial charge in [0.1, 0.15) is 17.7 Å². The molecule has 1 N–H and O–H groups in total. The standard InChI is InChI=1S/C21H23ClF2N2O/c1-14-2-5-16(22)12-19(14)25-8-10-26(11-9-25)20(27)18-13-21(18,24)15-3-6-17(23)7-4-15/h2-7,12,18,20,27H,8-11,13H2,1H3/t18-,20?,21-/m0/s1. The molecule has 144 valence electrons. The number of hydrogen-bond donors (Lipinski definition) is 1. The Labute approximate surface area is 163 Å². The minimum Gasteiger partial charge on any atom is -0.378 e. The fourth-order valence-corrected chi connectivity index (χ4v) is 4.23. The van der Waals surface area contributed by atoms with Crippen LogP contribution in [0, 0.1) is 18.7 Å². The van der Waals surface area contributed by atoms with E-state index >= 15 is 4.39 Å². The number of aliphatic hydroxyl groups excluding tert-OH is 1. The van der Waals surface area contributed by atoms with Gasteiger partial charge in [0.05, 0.1) is 0 Å². The van der Waals surface area contributed by atoms with Crippen LogP contribution in [0.1, 0.15) is 17.5 Å². The number of alkyl halides is 1. The van der Waals surface area contributed by atoms with Gasteiger partial charge >= 0.3 is 0 Å². The molecule has 1 saturated carbocycles. The maximum absolute atomic E-state index is 15.1. The summed E-state index contributed by atoms with van der Waals surface area (Å²) in [4.78, 5) is 4.19. The third-order valence-electron chi connectivity index (χ3n) is 5.83. The van der Waals surface area contributed by atoms with Crippen molar-refractivity contribution < 1.29 is 13.9 Å². The SMILES string of the molecule is Cc1ccc(Cl)cc1N1CCN(C(O)[C@@H]2C[C@]2(F)c2ccc(F)cc2)CC1. The largest absolute Gasteiger partial charge is 0.378 e. The predicted octanol–water partition coefficient (Wildman–Crippen LogP) is 4.11. The predicted molar refractivity (Wildman–Crippen MR) is 103 cm³/mol. The Kier molecular flexibility index (Phi) is 4.87. The summed E-state index contributed by atoms with van der Waals surface area (Å²) in [5.41, 5.74) is 1.15. The molecule has 4 rings (SSSR count). The minimum absolute atomic E-state index is 0.271. The van der Waals surface area contributed by atoms with Crippen molar-refractivity contribution >= 4 is 17.3 Å². The highest BCUT2D eigenvalue weighted by Gasteiger charge is 2.61. The summed E-state index contributed by atoms with van der Waals surface area (Å²) in [7, 11) is 0. The number of anilines is 1. The summed E-state index contributed by atoms with van der Waals surface area (Å²) in [6.45, 7) is 4.87. The molecule has 1 aliphatic heterocycles. The molecule has 1 aliphatic carbocycles. The first-order valence-electron chi connectivity index (χ1n) is 9.27. The minimum atomic E-state index is -1.56. The summed E-state index contributed by atoms with van der Waals surface area (Å²) in [5, 5.41) is 11.4. The Morgan fingerprint density at radius 1 is 1.11 bits per heavy atom. The molecule has 0 amide bonds. The molecule has 1 unspecified atom stereocenters. The third-order valence-corrected chi connectivity index (χ3v) is 6.06. The second-order valence-electron chi connectivity index (χ2n) is 7.55. The number of benzene rings is 2. The van der Waals surface area contributed by atoms with Crippen molar-refractivity contribution in [3.63, 3.8) is 0 Å². The monoisotopic (exact) mass is 392 g/mol. The molecule has 1 saturated heterocycles. The van der Waals surface area contributed by atoms with Crippen LogP contribution >= 0.6 is 11.6 Å². The first-order valence-corrected chi connectivity index (χ1v) is 9.64. The molecule has 0 radical (unpaired) electrons. The van der Waals surface area contributed by atoms with E-state index in [9.17, 15) is 9.50 Å². The Morgan fingerprint density at radius 3 is 2.44 bits per heavy atom. The van der Waals surface area contributed by atoms with E-state index in [-0.39, 0.29) is 12.2 Å². The Hall–Kier alpha value is -1.69. The van der Waals surface area contributed by atoms with Crippen LogP contribution in [0.2, 0.25) is 5.02 Å². The van der Waals surface area contributed by atoms with Crippen molar-refractivity contribution in [1.82, 2.24) is 4.90 Å². The highest BCUT2D eigenvalue weighted by atomic mass is 35.5. The quantitative estimate of drug-likeness (QED) is 0.848. The molecule has 3 nitrogen and oxygen atoms in total. The maximum Gasteiger partial charge on any atom is 0.143 e. The van der Waals surface area contributed by atoms with Crippen LogP contribution in [-0.2, 0) is 5.67 Å². The third kappa shape index (κ3) is 3.56. The fourth-order valence-electron chi connectivity index (χ4n) is 4.07. The van der Waals surface area contributed by atoms with Crippen LogP contribution in [0.25, 0.3) is 0 Å². The van der Waals surface area contributed by atoms with Crippen molar-refractivity contribution in [3.8, 4) is 0 Å². The lowest BCUT2D eigenvalue weighted by molar-refractivity contribution is -0.0294. The van der Waals surface area contributed by atoms with Crippen LogP contribution in [0.5, 0.6) is 0 Å². The molecule has 0 bridgehead atoms. The zero-order chi connectivity index (χ0) is 19.2. The summed E-state index contributed by atoms with van der Waals surface area (Å²) in [5.74, 6) is -0.852. The lowest BCUT2D eigenvalue weighted by Gasteiger charge is -2.39. The van der Waals surface area contributed by atoms with Gasteiger partial charge in [-0.15, -0.1) is 0 Å². The van der Waals surface area contributed by atoms with Gasteiger partial charge in [-0.3, -0.25) is 4.90 Å². The zero-order valence-electron chi connectivity index (χ0n) is 15.2. The molecule has 2 aromatic rings.